The Morgan fingerprint density at radius 3 is 2.50 bits per heavy atom. The normalized spacial score (nSPS) is 11.2. The van der Waals surface area contributed by atoms with Gasteiger partial charge in [-0.05, 0) is 36.2 Å². The summed E-state index contributed by atoms with van der Waals surface area (Å²) in [7, 11) is 0. The topological polar surface area (TPSA) is 4.93 Å². The molecule has 0 atom stereocenters. The third-order valence-corrected chi connectivity index (χ3v) is 5.61. The van der Waals surface area contributed by atoms with Gasteiger partial charge in [0, 0.05) is 34.3 Å². The largest absolute Gasteiger partial charge is 0.342 e. The summed E-state index contributed by atoms with van der Waals surface area (Å²) in [6.45, 7) is 2.99. The molecule has 130 valence electrons. The number of para-hydroxylation sites is 1. The van der Waals surface area contributed by atoms with Crippen LogP contribution in [-0.2, 0) is 12.3 Å². The summed E-state index contributed by atoms with van der Waals surface area (Å²) >= 11 is 1.80. The molecule has 3 heteroatoms. The van der Waals surface area contributed by atoms with E-state index in [9.17, 15) is 4.39 Å². The van der Waals surface area contributed by atoms with Gasteiger partial charge in [-0.2, -0.15) is 0 Å². The smallest absolute Gasteiger partial charge is 0.123 e. The molecule has 0 amide bonds. The fraction of sp³-hybridized carbons (Fsp3) is 0.130. The van der Waals surface area contributed by atoms with Crippen molar-refractivity contribution < 1.29 is 4.39 Å². The zero-order valence-electron chi connectivity index (χ0n) is 14.7. The average molecular weight is 361 g/mol. The molecule has 0 bridgehead atoms. The van der Waals surface area contributed by atoms with Crippen molar-refractivity contribution in [3.63, 3.8) is 0 Å². The van der Waals surface area contributed by atoms with Crippen LogP contribution >= 0.6 is 11.8 Å². The molecule has 1 heterocycles. The van der Waals surface area contributed by atoms with Crippen LogP contribution in [0.3, 0.4) is 0 Å². The fourth-order valence-electron chi connectivity index (χ4n) is 3.21. The molecule has 0 aliphatic heterocycles. The Bertz CT molecular complexity index is 1030. The predicted molar refractivity (Wildman–Crippen MR) is 108 cm³/mol. The number of fused-ring (bicyclic) bond motifs is 1. The molecule has 0 N–H and O–H groups in total. The molecular formula is C23H20FNS. The maximum absolute atomic E-state index is 13.1. The number of hydrogen-bond donors (Lipinski definition) is 0. The number of aryl methyl sites for hydroxylation is 1. The van der Waals surface area contributed by atoms with Gasteiger partial charge in [-0.25, -0.2) is 4.39 Å². The Morgan fingerprint density at radius 1 is 0.885 bits per heavy atom. The highest BCUT2D eigenvalue weighted by molar-refractivity contribution is 7.98. The molecule has 4 rings (SSSR count). The van der Waals surface area contributed by atoms with Gasteiger partial charge in [0.05, 0.1) is 0 Å². The van der Waals surface area contributed by atoms with Crippen molar-refractivity contribution in [2.45, 2.75) is 24.1 Å². The molecule has 0 spiro atoms. The van der Waals surface area contributed by atoms with Gasteiger partial charge in [-0.1, -0.05) is 60.2 Å². The van der Waals surface area contributed by atoms with E-state index in [2.05, 4.69) is 66.2 Å². The van der Waals surface area contributed by atoms with Crippen LogP contribution < -0.4 is 0 Å². The molecule has 1 nitrogen and oxygen atoms in total. The van der Waals surface area contributed by atoms with Crippen LogP contribution in [0.4, 0.5) is 4.39 Å². The third-order valence-electron chi connectivity index (χ3n) is 4.50. The Morgan fingerprint density at radius 2 is 1.69 bits per heavy atom. The van der Waals surface area contributed by atoms with Crippen molar-refractivity contribution in [1.29, 1.82) is 0 Å². The van der Waals surface area contributed by atoms with Gasteiger partial charge in [-0.15, -0.1) is 11.8 Å². The Labute approximate surface area is 157 Å². The van der Waals surface area contributed by atoms with E-state index in [0.717, 1.165) is 17.9 Å². The zero-order valence-corrected chi connectivity index (χ0v) is 15.5. The second-order valence-electron chi connectivity index (χ2n) is 6.54. The lowest BCUT2D eigenvalue weighted by Gasteiger charge is -2.06. The van der Waals surface area contributed by atoms with Gasteiger partial charge in [0.1, 0.15) is 5.82 Å². The number of aromatic nitrogens is 1. The highest BCUT2D eigenvalue weighted by Crippen LogP contribution is 2.32. The molecule has 0 saturated heterocycles. The number of benzene rings is 3. The fourth-order valence-corrected chi connectivity index (χ4v) is 4.25. The van der Waals surface area contributed by atoms with Gasteiger partial charge in [-0.3, -0.25) is 0 Å². The number of thioether (sulfide) groups is 1. The monoisotopic (exact) mass is 361 g/mol. The minimum Gasteiger partial charge on any atom is -0.342 e. The van der Waals surface area contributed by atoms with Crippen LogP contribution in [0, 0.1) is 12.7 Å². The zero-order chi connectivity index (χ0) is 17.9. The lowest BCUT2D eigenvalue weighted by atomic mass is 10.1. The first-order chi connectivity index (χ1) is 12.7. The van der Waals surface area contributed by atoms with E-state index in [0.29, 0.717) is 0 Å². The van der Waals surface area contributed by atoms with Gasteiger partial charge in [0.2, 0.25) is 0 Å². The Kier molecular flexibility index (Phi) is 4.81. The summed E-state index contributed by atoms with van der Waals surface area (Å²) in [6, 6.07) is 23.9. The maximum atomic E-state index is 13.1. The van der Waals surface area contributed by atoms with Crippen molar-refractivity contribution in [2.24, 2.45) is 0 Å². The van der Waals surface area contributed by atoms with E-state index >= 15 is 0 Å². The molecule has 0 fully saturated rings. The molecule has 0 aliphatic rings. The van der Waals surface area contributed by atoms with Crippen molar-refractivity contribution >= 4 is 22.7 Å². The number of nitrogens with zero attached hydrogens (tertiary/aromatic N) is 1. The molecule has 3 aromatic carbocycles. The van der Waals surface area contributed by atoms with Crippen molar-refractivity contribution in [1.82, 2.24) is 4.57 Å². The molecule has 4 aromatic rings. The second kappa shape index (κ2) is 7.38. The first-order valence-electron chi connectivity index (χ1n) is 8.70. The average Bonchev–Trinajstić information content (AvgIpc) is 2.99. The summed E-state index contributed by atoms with van der Waals surface area (Å²) in [4.78, 5) is 1.26. The standard InChI is InChI=1S/C23H20FNS/c1-17-5-4-6-19(13-17)14-25-15-23(21-7-2-3-8-22(21)25)26-16-18-9-11-20(24)12-10-18/h2-13,15H,14,16H2,1H3. The minimum absolute atomic E-state index is 0.187. The van der Waals surface area contributed by atoms with Gasteiger partial charge >= 0.3 is 0 Å². The van der Waals surface area contributed by atoms with Crippen molar-refractivity contribution in [3.8, 4) is 0 Å². The quantitative estimate of drug-likeness (QED) is 0.371. The van der Waals surface area contributed by atoms with E-state index in [1.807, 2.05) is 12.1 Å². The molecule has 0 radical (unpaired) electrons. The summed E-state index contributed by atoms with van der Waals surface area (Å²) in [5.74, 6) is 0.646. The van der Waals surface area contributed by atoms with E-state index in [-0.39, 0.29) is 5.82 Å². The molecule has 0 aliphatic carbocycles. The first kappa shape index (κ1) is 16.9. The van der Waals surface area contributed by atoms with Crippen molar-refractivity contribution in [3.05, 3.63) is 102 Å². The SMILES string of the molecule is Cc1cccc(Cn2cc(SCc3ccc(F)cc3)c3ccccc32)c1. The summed E-state index contributed by atoms with van der Waals surface area (Å²) < 4.78 is 15.4. The maximum Gasteiger partial charge on any atom is 0.123 e. The van der Waals surface area contributed by atoms with Gasteiger partial charge < -0.3 is 4.57 Å². The third kappa shape index (κ3) is 3.68. The Balaban J connectivity index is 1.62. The molecule has 1 aromatic heterocycles. The van der Waals surface area contributed by atoms with Crippen molar-refractivity contribution in [2.75, 3.05) is 0 Å². The van der Waals surface area contributed by atoms with E-state index in [1.54, 1.807) is 11.8 Å². The highest BCUT2D eigenvalue weighted by atomic mass is 32.2. The van der Waals surface area contributed by atoms with Crippen LogP contribution in [0.2, 0.25) is 0 Å². The first-order valence-corrected chi connectivity index (χ1v) is 9.68. The highest BCUT2D eigenvalue weighted by Gasteiger charge is 2.09. The summed E-state index contributed by atoms with van der Waals surface area (Å²) in [5, 5.41) is 1.27. The molecule has 0 saturated carbocycles. The second-order valence-corrected chi connectivity index (χ2v) is 7.56. The van der Waals surface area contributed by atoms with Gasteiger partial charge in [0.15, 0.2) is 0 Å². The van der Waals surface area contributed by atoms with E-state index in [1.165, 1.54) is 39.1 Å². The van der Waals surface area contributed by atoms with Crippen LogP contribution in [0.25, 0.3) is 10.9 Å². The van der Waals surface area contributed by atoms with E-state index < -0.39 is 0 Å². The lowest BCUT2D eigenvalue weighted by molar-refractivity contribution is 0.627. The van der Waals surface area contributed by atoms with Crippen LogP contribution in [0.1, 0.15) is 16.7 Å². The number of halogens is 1. The summed E-state index contributed by atoms with van der Waals surface area (Å²) in [5.41, 5.74) is 4.97. The predicted octanol–water partition coefficient (Wildman–Crippen LogP) is 6.43. The van der Waals surface area contributed by atoms with Gasteiger partial charge in [0.25, 0.3) is 0 Å². The molecule has 0 unspecified atom stereocenters. The minimum atomic E-state index is -0.187. The Hall–Kier alpha value is -2.52. The lowest BCUT2D eigenvalue weighted by Crippen LogP contribution is -1.97. The van der Waals surface area contributed by atoms with Crippen LogP contribution in [0.15, 0.2) is 83.9 Å². The molecule has 26 heavy (non-hydrogen) atoms. The number of hydrogen-bond acceptors (Lipinski definition) is 1. The van der Waals surface area contributed by atoms with Crippen LogP contribution in [-0.4, -0.2) is 4.57 Å². The summed E-state index contributed by atoms with van der Waals surface area (Å²) in [6.07, 6.45) is 2.24. The van der Waals surface area contributed by atoms with Crippen LogP contribution in [0.5, 0.6) is 0 Å². The van der Waals surface area contributed by atoms with E-state index in [4.69, 9.17) is 0 Å². The number of rotatable bonds is 5. The molecular weight excluding hydrogens is 341 g/mol.